The minimum absolute atomic E-state index is 0.0818. The summed E-state index contributed by atoms with van der Waals surface area (Å²) >= 11 is 3.37. The zero-order valence-corrected chi connectivity index (χ0v) is 9.41. The van der Waals surface area contributed by atoms with Gasteiger partial charge in [0.25, 0.3) is 0 Å². The maximum atomic E-state index is 10.5. The van der Waals surface area contributed by atoms with Gasteiger partial charge in [0.05, 0.1) is 0 Å². The molecule has 0 unspecified atom stereocenters. The van der Waals surface area contributed by atoms with Crippen molar-refractivity contribution in [2.24, 2.45) is 0 Å². The average Bonchev–Trinajstić information content (AvgIpc) is 2.63. The van der Waals surface area contributed by atoms with Gasteiger partial charge in [-0.3, -0.25) is 4.79 Å². The summed E-state index contributed by atoms with van der Waals surface area (Å²) in [6, 6.07) is 3.64. The summed E-state index contributed by atoms with van der Waals surface area (Å²) in [5.41, 5.74) is 0.854. The quantitative estimate of drug-likeness (QED) is 0.917. The molecule has 4 nitrogen and oxygen atoms in total. The molecule has 80 valence electrons. The Labute approximate surface area is 94.9 Å². The molecule has 2 rings (SSSR count). The van der Waals surface area contributed by atoms with Gasteiger partial charge in [-0.1, -0.05) is 15.9 Å². The summed E-state index contributed by atoms with van der Waals surface area (Å²) in [6.45, 7) is 0.200. The smallest absolute Gasteiger partial charge is 0.303 e. The van der Waals surface area contributed by atoms with Crippen LogP contribution in [0, 0.1) is 0 Å². The summed E-state index contributed by atoms with van der Waals surface area (Å²) in [4.78, 5) is 10.5. The molecular formula is C10H9BrO4. The SMILES string of the molecule is O=C(O)CCc1c(Br)ccc2c1OCO2. The largest absolute Gasteiger partial charge is 0.481 e. The molecule has 1 aromatic rings. The van der Waals surface area contributed by atoms with Gasteiger partial charge >= 0.3 is 5.97 Å². The first-order valence-corrected chi connectivity index (χ1v) is 5.26. The minimum atomic E-state index is -0.821. The predicted molar refractivity (Wildman–Crippen MR) is 56.2 cm³/mol. The molecule has 1 aliphatic rings. The van der Waals surface area contributed by atoms with Crippen LogP contribution < -0.4 is 9.47 Å². The Kier molecular flexibility index (Phi) is 2.81. The molecule has 1 N–H and O–H groups in total. The van der Waals surface area contributed by atoms with Gasteiger partial charge in [-0.05, 0) is 18.6 Å². The Bertz CT molecular complexity index is 403. The highest BCUT2D eigenvalue weighted by molar-refractivity contribution is 9.10. The summed E-state index contributed by atoms with van der Waals surface area (Å²) in [5.74, 6) is 0.516. The van der Waals surface area contributed by atoms with E-state index < -0.39 is 5.97 Å². The number of carboxylic acids is 1. The molecular weight excluding hydrogens is 264 g/mol. The highest BCUT2D eigenvalue weighted by atomic mass is 79.9. The molecule has 0 radical (unpaired) electrons. The zero-order chi connectivity index (χ0) is 10.8. The van der Waals surface area contributed by atoms with E-state index in [1.807, 2.05) is 6.07 Å². The van der Waals surface area contributed by atoms with Crippen molar-refractivity contribution >= 4 is 21.9 Å². The van der Waals surface area contributed by atoms with Crippen LogP contribution in [0.15, 0.2) is 16.6 Å². The molecule has 0 aromatic heterocycles. The van der Waals surface area contributed by atoms with E-state index in [1.165, 1.54) is 0 Å². The second-order valence-corrected chi connectivity index (χ2v) is 4.01. The Balaban J connectivity index is 2.28. The first kappa shape index (κ1) is 10.3. The lowest BCUT2D eigenvalue weighted by Gasteiger charge is -2.06. The molecule has 5 heteroatoms. The average molecular weight is 273 g/mol. The van der Waals surface area contributed by atoms with Crippen molar-refractivity contribution < 1.29 is 19.4 Å². The first-order chi connectivity index (χ1) is 7.18. The number of ether oxygens (including phenoxy) is 2. The first-order valence-electron chi connectivity index (χ1n) is 4.47. The van der Waals surface area contributed by atoms with Gasteiger partial charge < -0.3 is 14.6 Å². The predicted octanol–water partition coefficient (Wildman–Crippen LogP) is 2.20. The highest BCUT2D eigenvalue weighted by Crippen LogP contribution is 2.40. The number of hydrogen-bond acceptors (Lipinski definition) is 3. The van der Waals surface area contributed by atoms with Gasteiger partial charge in [0, 0.05) is 16.5 Å². The van der Waals surface area contributed by atoms with Gasteiger partial charge in [-0.25, -0.2) is 0 Å². The van der Waals surface area contributed by atoms with Crippen LogP contribution in [0.3, 0.4) is 0 Å². The van der Waals surface area contributed by atoms with Crippen LogP contribution in [0.5, 0.6) is 11.5 Å². The maximum Gasteiger partial charge on any atom is 0.303 e. The van der Waals surface area contributed by atoms with Gasteiger partial charge in [0.1, 0.15) is 0 Å². The molecule has 0 amide bonds. The highest BCUT2D eigenvalue weighted by Gasteiger charge is 2.20. The number of halogens is 1. The number of aliphatic carboxylic acids is 1. The Hall–Kier alpha value is -1.23. The summed E-state index contributed by atoms with van der Waals surface area (Å²) < 4.78 is 11.4. The van der Waals surface area contributed by atoms with Gasteiger partial charge in [-0.15, -0.1) is 0 Å². The van der Waals surface area contributed by atoms with Crippen LogP contribution in [0.4, 0.5) is 0 Å². The van der Waals surface area contributed by atoms with E-state index in [1.54, 1.807) is 6.07 Å². The lowest BCUT2D eigenvalue weighted by molar-refractivity contribution is -0.136. The van der Waals surface area contributed by atoms with E-state index in [0.717, 1.165) is 10.0 Å². The fraction of sp³-hybridized carbons (Fsp3) is 0.300. The van der Waals surface area contributed by atoms with Gasteiger partial charge in [-0.2, -0.15) is 0 Å². The molecule has 0 saturated carbocycles. The van der Waals surface area contributed by atoms with E-state index in [0.29, 0.717) is 17.9 Å². The number of fused-ring (bicyclic) bond motifs is 1. The summed E-state index contributed by atoms with van der Waals surface area (Å²) in [5, 5.41) is 8.63. The molecule has 0 bridgehead atoms. The lowest BCUT2D eigenvalue weighted by atomic mass is 10.1. The lowest BCUT2D eigenvalue weighted by Crippen LogP contribution is -2.00. The minimum Gasteiger partial charge on any atom is -0.481 e. The maximum absolute atomic E-state index is 10.5. The molecule has 0 fully saturated rings. The zero-order valence-electron chi connectivity index (χ0n) is 7.83. The van der Waals surface area contributed by atoms with Gasteiger partial charge in [0.15, 0.2) is 11.5 Å². The van der Waals surface area contributed by atoms with Crippen molar-refractivity contribution in [3.8, 4) is 11.5 Å². The standard InChI is InChI=1S/C10H9BrO4/c11-7-2-3-8-10(15-5-14-8)6(7)1-4-9(12)13/h2-3H,1,4-5H2,(H,12,13). The van der Waals surface area contributed by atoms with Crippen molar-refractivity contribution in [3.63, 3.8) is 0 Å². The molecule has 1 heterocycles. The van der Waals surface area contributed by atoms with Crippen molar-refractivity contribution in [1.29, 1.82) is 0 Å². The van der Waals surface area contributed by atoms with Crippen LogP contribution in [-0.2, 0) is 11.2 Å². The molecule has 1 aromatic carbocycles. The van der Waals surface area contributed by atoms with Crippen molar-refractivity contribution in [2.75, 3.05) is 6.79 Å². The monoisotopic (exact) mass is 272 g/mol. The van der Waals surface area contributed by atoms with Crippen LogP contribution in [-0.4, -0.2) is 17.9 Å². The third kappa shape index (κ3) is 2.07. The van der Waals surface area contributed by atoms with E-state index in [-0.39, 0.29) is 13.2 Å². The third-order valence-electron chi connectivity index (χ3n) is 2.17. The molecule has 0 atom stereocenters. The Morgan fingerprint density at radius 2 is 2.27 bits per heavy atom. The van der Waals surface area contributed by atoms with E-state index >= 15 is 0 Å². The van der Waals surface area contributed by atoms with Crippen LogP contribution in [0.2, 0.25) is 0 Å². The number of hydrogen-bond donors (Lipinski definition) is 1. The number of benzene rings is 1. The Morgan fingerprint density at radius 1 is 1.47 bits per heavy atom. The van der Waals surface area contributed by atoms with Crippen LogP contribution in [0.25, 0.3) is 0 Å². The van der Waals surface area contributed by atoms with E-state index in [2.05, 4.69) is 15.9 Å². The summed E-state index contributed by atoms with van der Waals surface area (Å²) in [7, 11) is 0. The second kappa shape index (κ2) is 4.10. The van der Waals surface area contributed by atoms with Gasteiger partial charge in [0.2, 0.25) is 6.79 Å². The molecule has 15 heavy (non-hydrogen) atoms. The Morgan fingerprint density at radius 3 is 3.00 bits per heavy atom. The second-order valence-electron chi connectivity index (χ2n) is 3.15. The topological polar surface area (TPSA) is 55.8 Å². The van der Waals surface area contributed by atoms with Crippen molar-refractivity contribution in [2.45, 2.75) is 12.8 Å². The normalized spacial score (nSPS) is 12.9. The van der Waals surface area contributed by atoms with Crippen LogP contribution in [0.1, 0.15) is 12.0 Å². The van der Waals surface area contributed by atoms with E-state index in [9.17, 15) is 4.79 Å². The third-order valence-corrected chi connectivity index (χ3v) is 2.92. The molecule has 0 saturated heterocycles. The molecule has 1 aliphatic heterocycles. The number of carboxylic acid groups (broad SMARTS) is 1. The molecule has 0 spiro atoms. The van der Waals surface area contributed by atoms with Crippen LogP contribution >= 0.6 is 15.9 Å². The van der Waals surface area contributed by atoms with Crippen molar-refractivity contribution in [1.82, 2.24) is 0 Å². The fourth-order valence-electron chi connectivity index (χ4n) is 1.47. The fourth-order valence-corrected chi connectivity index (χ4v) is 1.98. The number of rotatable bonds is 3. The summed E-state index contributed by atoms with van der Waals surface area (Å²) in [6.07, 6.45) is 0.515. The van der Waals surface area contributed by atoms with Crippen molar-refractivity contribution in [3.05, 3.63) is 22.2 Å². The molecule has 0 aliphatic carbocycles. The number of carbonyl (C=O) groups is 1. The van der Waals surface area contributed by atoms with E-state index in [4.69, 9.17) is 14.6 Å².